The number of hydrogen-bond donors (Lipinski definition) is 1. The molecule has 0 aromatic carbocycles. The Bertz CT molecular complexity index is 422. The summed E-state index contributed by atoms with van der Waals surface area (Å²) in [6.07, 6.45) is -4.65. The summed E-state index contributed by atoms with van der Waals surface area (Å²) < 4.78 is 41.7. The quantitative estimate of drug-likeness (QED) is 0.774. The predicted octanol–water partition coefficient (Wildman–Crippen LogP) is 1.56. The Morgan fingerprint density at radius 2 is 2.13 bits per heavy atom. The third kappa shape index (κ3) is 2.10. The van der Waals surface area contributed by atoms with E-state index in [2.05, 4.69) is 9.72 Å². The van der Waals surface area contributed by atoms with Crippen LogP contribution in [0, 0.1) is 11.3 Å². The smallest absolute Gasteiger partial charge is 0.419 e. The number of alkyl halides is 3. The molecule has 0 radical (unpaired) electrons. The van der Waals surface area contributed by atoms with E-state index in [-0.39, 0.29) is 11.6 Å². The van der Waals surface area contributed by atoms with Gasteiger partial charge in [0, 0.05) is 0 Å². The van der Waals surface area contributed by atoms with Crippen molar-refractivity contribution in [1.29, 1.82) is 5.26 Å². The van der Waals surface area contributed by atoms with Crippen LogP contribution in [0.3, 0.4) is 0 Å². The fraction of sp³-hybridized carbons (Fsp3) is 0.250. The van der Waals surface area contributed by atoms with Gasteiger partial charge in [-0.25, -0.2) is 4.98 Å². The Hall–Kier alpha value is -1.97. The first-order chi connectivity index (χ1) is 6.90. The molecule has 0 saturated carbocycles. The summed E-state index contributed by atoms with van der Waals surface area (Å²) in [6, 6.07) is 1.97. The van der Waals surface area contributed by atoms with Crippen LogP contribution in [0.5, 0.6) is 5.88 Å². The number of ether oxygens (including phenoxy) is 1. The Balaban J connectivity index is 3.43. The molecule has 7 heteroatoms. The highest BCUT2D eigenvalue weighted by Gasteiger charge is 2.35. The lowest BCUT2D eigenvalue weighted by Gasteiger charge is -2.10. The summed E-state index contributed by atoms with van der Waals surface area (Å²) in [7, 11) is 1.20. The number of aromatic nitrogens is 1. The number of rotatable bonds is 1. The summed E-state index contributed by atoms with van der Waals surface area (Å²) in [5.74, 6) is -0.195. The molecule has 1 aromatic heterocycles. The zero-order chi connectivity index (χ0) is 11.6. The molecule has 1 heterocycles. The average Bonchev–Trinajstić information content (AvgIpc) is 2.16. The predicted molar refractivity (Wildman–Crippen MR) is 44.9 cm³/mol. The van der Waals surface area contributed by atoms with Gasteiger partial charge in [-0.05, 0) is 6.07 Å². The molecule has 0 fully saturated rings. The molecule has 1 rings (SSSR count). The van der Waals surface area contributed by atoms with Crippen LogP contribution in [0.2, 0.25) is 0 Å². The van der Waals surface area contributed by atoms with Crippen LogP contribution in [0.4, 0.5) is 18.9 Å². The Morgan fingerprint density at radius 3 is 2.53 bits per heavy atom. The van der Waals surface area contributed by atoms with Gasteiger partial charge in [0.15, 0.2) is 5.69 Å². The maximum atomic E-state index is 12.4. The molecular formula is C8H6F3N3O. The van der Waals surface area contributed by atoms with Crippen molar-refractivity contribution in [2.45, 2.75) is 6.18 Å². The van der Waals surface area contributed by atoms with Gasteiger partial charge in [-0.3, -0.25) is 0 Å². The van der Waals surface area contributed by atoms with E-state index in [1.54, 1.807) is 0 Å². The van der Waals surface area contributed by atoms with Crippen molar-refractivity contribution >= 4 is 5.69 Å². The first-order valence-corrected chi connectivity index (χ1v) is 3.72. The first-order valence-electron chi connectivity index (χ1n) is 3.72. The fourth-order valence-electron chi connectivity index (χ4n) is 0.977. The molecule has 0 aliphatic carbocycles. The van der Waals surface area contributed by atoms with Crippen LogP contribution in [0.25, 0.3) is 0 Å². The summed E-state index contributed by atoms with van der Waals surface area (Å²) in [5.41, 5.74) is 3.08. The monoisotopic (exact) mass is 217 g/mol. The average molecular weight is 217 g/mol. The maximum Gasteiger partial charge on any atom is 0.419 e. The van der Waals surface area contributed by atoms with Crippen LogP contribution in [0.15, 0.2) is 6.07 Å². The number of nitrogen functional groups attached to an aromatic ring is 1. The van der Waals surface area contributed by atoms with Crippen LogP contribution in [0.1, 0.15) is 11.3 Å². The summed E-state index contributed by atoms with van der Waals surface area (Å²) in [5, 5.41) is 8.48. The van der Waals surface area contributed by atoms with Gasteiger partial charge < -0.3 is 10.5 Å². The minimum atomic E-state index is -4.65. The van der Waals surface area contributed by atoms with E-state index in [4.69, 9.17) is 11.0 Å². The molecule has 0 aliphatic heterocycles. The number of halogens is 3. The number of nitrogens with zero attached hydrogens (tertiary/aromatic N) is 2. The molecule has 80 valence electrons. The minimum Gasteiger partial charge on any atom is -0.479 e. The first kappa shape index (κ1) is 11.1. The lowest BCUT2D eigenvalue weighted by atomic mass is 10.2. The molecule has 0 atom stereocenters. The molecule has 2 N–H and O–H groups in total. The van der Waals surface area contributed by atoms with Crippen LogP contribution < -0.4 is 10.5 Å². The molecular weight excluding hydrogens is 211 g/mol. The van der Waals surface area contributed by atoms with Crippen LogP contribution in [-0.4, -0.2) is 12.1 Å². The van der Waals surface area contributed by atoms with E-state index < -0.39 is 17.4 Å². The molecule has 1 aromatic rings. The number of nitriles is 1. The van der Waals surface area contributed by atoms with E-state index in [0.717, 1.165) is 0 Å². The van der Waals surface area contributed by atoms with Gasteiger partial charge >= 0.3 is 6.18 Å². The lowest BCUT2D eigenvalue weighted by molar-refractivity contribution is -0.138. The van der Waals surface area contributed by atoms with Gasteiger partial charge in [0.2, 0.25) is 5.88 Å². The summed E-state index contributed by atoms with van der Waals surface area (Å²) >= 11 is 0. The molecule has 0 saturated heterocycles. The molecule has 0 bridgehead atoms. The minimum absolute atomic E-state index is 0.195. The second-order valence-electron chi connectivity index (χ2n) is 2.59. The SMILES string of the molecule is COc1nc(C#N)c(C(F)(F)F)cc1N. The second-order valence-corrected chi connectivity index (χ2v) is 2.59. The molecule has 4 nitrogen and oxygen atoms in total. The third-order valence-corrected chi connectivity index (χ3v) is 1.62. The van der Waals surface area contributed by atoms with Crippen molar-refractivity contribution < 1.29 is 17.9 Å². The highest BCUT2D eigenvalue weighted by atomic mass is 19.4. The van der Waals surface area contributed by atoms with Crippen molar-refractivity contribution in [3.63, 3.8) is 0 Å². The largest absolute Gasteiger partial charge is 0.479 e. The van der Waals surface area contributed by atoms with E-state index >= 15 is 0 Å². The number of pyridine rings is 1. The van der Waals surface area contributed by atoms with Crippen molar-refractivity contribution in [2.24, 2.45) is 0 Å². The number of nitrogens with two attached hydrogens (primary N) is 1. The van der Waals surface area contributed by atoms with E-state index in [9.17, 15) is 13.2 Å². The van der Waals surface area contributed by atoms with Gasteiger partial charge in [0.25, 0.3) is 0 Å². The molecule has 0 spiro atoms. The molecule has 0 amide bonds. The van der Waals surface area contributed by atoms with E-state index in [1.807, 2.05) is 0 Å². The topological polar surface area (TPSA) is 71.9 Å². The van der Waals surface area contributed by atoms with Gasteiger partial charge in [-0.1, -0.05) is 0 Å². The van der Waals surface area contributed by atoms with Crippen molar-refractivity contribution in [3.05, 3.63) is 17.3 Å². The highest BCUT2D eigenvalue weighted by molar-refractivity contribution is 5.54. The Kier molecular flexibility index (Phi) is 2.70. The van der Waals surface area contributed by atoms with E-state index in [0.29, 0.717) is 6.07 Å². The summed E-state index contributed by atoms with van der Waals surface area (Å²) in [6.45, 7) is 0. The third-order valence-electron chi connectivity index (χ3n) is 1.62. The fourth-order valence-corrected chi connectivity index (χ4v) is 0.977. The molecule has 15 heavy (non-hydrogen) atoms. The number of anilines is 1. The number of methoxy groups -OCH3 is 1. The van der Waals surface area contributed by atoms with Gasteiger partial charge in [-0.2, -0.15) is 18.4 Å². The second kappa shape index (κ2) is 3.65. The standard InChI is InChI=1S/C8H6F3N3O/c1-15-7-5(13)2-4(8(9,10)11)6(3-12)14-7/h2H,13H2,1H3. The maximum absolute atomic E-state index is 12.4. The van der Waals surface area contributed by atoms with Gasteiger partial charge in [-0.15, -0.1) is 0 Å². The summed E-state index contributed by atoms with van der Waals surface area (Å²) in [4.78, 5) is 3.35. The van der Waals surface area contributed by atoms with Gasteiger partial charge in [0.05, 0.1) is 18.4 Å². The number of hydrogen-bond acceptors (Lipinski definition) is 4. The van der Waals surface area contributed by atoms with Gasteiger partial charge in [0.1, 0.15) is 6.07 Å². The lowest BCUT2D eigenvalue weighted by Crippen LogP contribution is -2.11. The molecule has 0 unspecified atom stereocenters. The van der Waals surface area contributed by atoms with Crippen molar-refractivity contribution in [2.75, 3.05) is 12.8 Å². The molecule has 0 aliphatic rings. The van der Waals surface area contributed by atoms with Crippen molar-refractivity contribution in [1.82, 2.24) is 4.98 Å². The zero-order valence-electron chi connectivity index (χ0n) is 7.59. The van der Waals surface area contributed by atoms with Crippen LogP contribution >= 0.6 is 0 Å². The van der Waals surface area contributed by atoms with Crippen LogP contribution in [-0.2, 0) is 6.18 Å². The highest BCUT2D eigenvalue weighted by Crippen LogP contribution is 2.34. The normalized spacial score (nSPS) is 10.9. The van der Waals surface area contributed by atoms with E-state index in [1.165, 1.54) is 13.2 Å². The zero-order valence-corrected chi connectivity index (χ0v) is 7.59. The Labute approximate surface area is 83.1 Å². The van der Waals surface area contributed by atoms with Crippen molar-refractivity contribution in [3.8, 4) is 11.9 Å². The Morgan fingerprint density at radius 1 is 1.53 bits per heavy atom.